The molecule has 0 spiro atoms. The Morgan fingerprint density at radius 2 is 1.83 bits per heavy atom. The molecule has 1 aliphatic carbocycles. The Hall–Kier alpha value is -3.92. The molecular weight excluding hydrogens is 451 g/mol. The van der Waals surface area contributed by atoms with Crippen LogP contribution >= 0.6 is 0 Å². The van der Waals surface area contributed by atoms with Crippen LogP contribution in [-0.2, 0) is 4.79 Å². The Balaban J connectivity index is 1.18. The molecule has 1 unspecified atom stereocenters. The predicted octanol–water partition coefficient (Wildman–Crippen LogP) is 3.64. The van der Waals surface area contributed by atoms with Crippen LogP contribution in [0.4, 0.5) is 4.39 Å². The van der Waals surface area contributed by atoms with Gasteiger partial charge in [-0.15, -0.1) is 0 Å². The molecule has 2 aliphatic rings. The van der Waals surface area contributed by atoms with E-state index in [9.17, 15) is 9.18 Å². The Morgan fingerprint density at radius 3 is 2.51 bits per heavy atom. The number of nitrogens with one attached hydrogen (secondary N) is 2. The summed E-state index contributed by atoms with van der Waals surface area (Å²) in [5.41, 5.74) is 9.06. The van der Waals surface area contributed by atoms with Gasteiger partial charge in [0.2, 0.25) is 0 Å². The van der Waals surface area contributed by atoms with E-state index in [0.29, 0.717) is 17.4 Å². The van der Waals surface area contributed by atoms with Gasteiger partial charge in [-0.05, 0) is 49.8 Å². The third kappa shape index (κ3) is 5.60. The maximum absolute atomic E-state index is 13.5. The number of pyridine rings is 1. The van der Waals surface area contributed by atoms with Crippen molar-refractivity contribution in [3.05, 3.63) is 71.9 Å². The van der Waals surface area contributed by atoms with Crippen LogP contribution in [0.1, 0.15) is 49.4 Å². The summed E-state index contributed by atoms with van der Waals surface area (Å²) in [4.78, 5) is 28.6. The highest BCUT2D eigenvalue weighted by Gasteiger charge is 2.25. The van der Waals surface area contributed by atoms with E-state index in [2.05, 4.69) is 30.8 Å². The minimum absolute atomic E-state index is 0.00801. The molecule has 9 nitrogen and oxygen atoms in total. The van der Waals surface area contributed by atoms with Crippen molar-refractivity contribution in [2.75, 3.05) is 0 Å². The van der Waals surface area contributed by atoms with Gasteiger partial charge >= 0.3 is 12.0 Å². The Bertz CT molecular complexity index is 1210. The average Bonchev–Trinajstić information content (AvgIpc) is 3.36. The highest BCUT2D eigenvalue weighted by molar-refractivity contribution is 5.99. The molecule has 1 fully saturated rings. The van der Waals surface area contributed by atoms with Crippen LogP contribution in [0.25, 0.3) is 11.3 Å². The van der Waals surface area contributed by atoms with E-state index >= 15 is 0 Å². The summed E-state index contributed by atoms with van der Waals surface area (Å²) in [7, 11) is 0. The molecule has 0 saturated heterocycles. The Labute approximate surface area is 201 Å². The standard InChI is InChI=1S/C25H25FN6O3/c26-19-3-1-2-16(11-19)23-30-24(32-31-23)17-6-9-21(27-12-17)18-13-28-25(29-14-18)35-20-7-4-15(5-8-20)10-22(33)34/h1-3,6,9,11-15,20,24,32H,4-5,7-8,10H2,(H,30,31)(H,33,34). The summed E-state index contributed by atoms with van der Waals surface area (Å²) in [5.74, 6) is -0.271. The van der Waals surface area contributed by atoms with Crippen LogP contribution in [0.5, 0.6) is 6.01 Å². The molecule has 0 radical (unpaired) electrons. The van der Waals surface area contributed by atoms with Crippen LogP contribution < -0.4 is 15.6 Å². The quantitative estimate of drug-likeness (QED) is 0.473. The smallest absolute Gasteiger partial charge is 0.316 e. The molecule has 1 aromatic carbocycles. The first-order valence-corrected chi connectivity index (χ1v) is 11.6. The van der Waals surface area contributed by atoms with E-state index in [1.165, 1.54) is 12.1 Å². The van der Waals surface area contributed by atoms with Gasteiger partial charge in [-0.2, -0.15) is 0 Å². The van der Waals surface area contributed by atoms with Crippen molar-refractivity contribution in [1.29, 1.82) is 0 Å². The molecule has 0 amide bonds. The van der Waals surface area contributed by atoms with Crippen LogP contribution in [0.3, 0.4) is 0 Å². The zero-order chi connectivity index (χ0) is 24.2. The summed E-state index contributed by atoms with van der Waals surface area (Å²) < 4.78 is 19.4. The number of hydrogen-bond acceptors (Lipinski definition) is 8. The lowest BCUT2D eigenvalue weighted by atomic mass is 9.85. The number of ether oxygens (including phenoxy) is 1. The molecule has 3 N–H and O–H groups in total. The van der Waals surface area contributed by atoms with Gasteiger partial charge in [0.05, 0.1) is 5.69 Å². The number of hydrazine groups is 1. The first-order chi connectivity index (χ1) is 17.0. The number of halogens is 1. The molecule has 3 heterocycles. The number of amidine groups is 1. The van der Waals surface area contributed by atoms with E-state index in [0.717, 1.165) is 42.5 Å². The SMILES string of the molecule is O=C(O)CC1CCC(Oc2ncc(-c3ccc(C4N=C(c5cccc(F)c5)NN4)cn3)cn2)CC1. The predicted molar refractivity (Wildman–Crippen MR) is 126 cm³/mol. The normalized spacial score (nSPS) is 21.7. The summed E-state index contributed by atoms with van der Waals surface area (Å²) in [5, 5.41) is 8.94. The lowest BCUT2D eigenvalue weighted by Crippen LogP contribution is -2.31. The summed E-state index contributed by atoms with van der Waals surface area (Å²) >= 11 is 0. The van der Waals surface area contributed by atoms with Crippen molar-refractivity contribution in [3.63, 3.8) is 0 Å². The minimum Gasteiger partial charge on any atom is -0.481 e. The van der Waals surface area contributed by atoms with E-state index in [1.807, 2.05) is 12.1 Å². The van der Waals surface area contributed by atoms with Crippen LogP contribution in [0, 0.1) is 11.7 Å². The summed E-state index contributed by atoms with van der Waals surface area (Å²) in [6.45, 7) is 0. The van der Waals surface area contributed by atoms with Crippen molar-refractivity contribution < 1.29 is 19.0 Å². The van der Waals surface area contributed by atoms with Crippen molar-refractivity contribution in [2.24, 2.45) is 10.9 Å². The molecular formula is C25H25FN6O3. The molecule has 180 valence electrons. The van der Waals surface area contributed by atoms with E-state index in [1.54, 1.807) is 30.7 Å². The van der Waals surface area contributed by atoms with E-state index < -0.39 is 5.97 Å². The molecule has 2 aromatic heterocycles. The van der Waals surface area contributed by atoms with Gasteiger partial charge in [-0.25, -0.2) is 24.8 Å². The second kappa shape index (κ2) is 10.1. The Kier molecular flexibility index (Phi) is 6.62. The molecule has 1 aliphatic heterocycles. The second-order valence-corrected chi connectivity index (χ2v) is 8.75. The molecule has 35 heavy (non-hydrogen) atoms. The fraction of sp³-hybridized carbons (Fsp3) is 0.320. The van der Waals surface area contributed by atoms with Crippen LogP contribution in [0.2, 0.25) is 0 Å². The first-order valence-electron chi connectivity index (χ1n) is 11.6. The fourth-order valence-corrected chi connectivity index (χ4v) is 4.37. The number of nitrogens with zero attached hydrogens (tertiary/aromatic N) is 4. The molecule has 5 rings (SSSR count). The van der Waals surface area contributed by atoms with E-state index in [4.69, 9.17) is 9.84 Å². The molecule has 0 bridgehead atoms. The summed E-state index contributed by atoms with van der Waals surface area (Å²) in [6, 6.07) is 10.4. The summed E-state index contributed by atoms with van der Waals surface area (Å²) in [6.07, 6.45) is 8.26. The van der Waals surface area contributed by atoms with Crippen LogP contribution in [0.15, 0.2) is 60.0 Å². The van der Waals surface area contributed by atoms with Crippen molar-refractivity contribution in [2.45, 2.75) is 44.4 Å². The zero-order valence-corrected chi connectivity index (χ0v) is 18.9. The largest absolute Gasteiger partial charge is 0.481 e. The zero-order valence-electron chi connectivity index (χ0n) is 18.9. The van der Waals surface area contributed by atoms with Crippen LogP contribution in [-0.4, -0.2) is 38.0 Å². The number of hydrogen-bond donors (Lipinski definition) is 3. The number of benzene rings is 1. The first kappa shape index (κ1) is 22.9. The lowest BCUT2D eigenvalue weighted by molar-refractivity contribution is -0.138. The third-order valence-corrected chi connectivity index (χ3v) is 6.24. The molecule has 1 saturated carbocycles. The number of aromatic nitrogens is 3. The molecule has 3 aromatic rings. The minimum atomic E-state index is -0.743. The number of carboxylic acids is 1. The molecule has 10 heteroatoms. The van der Waals surface area contributed by atoms with Gasteiger partial charge in [0.1, 0.15) is 23.9 Å². The van der Waals surface area contributed by atoms with Gasteiger partial charge in [0, 0.05) is 41.7 Å². The maximum Gasteiger partial charge on any atom is 0.316 e. The maximum atomic E-state index is 13.5. The van der Waals surface area contributed by atoms with Gasteiger partial charge < -0.3 is 15.3 Å². The number of rotatable bonds is 7. The number of carbonyl (C=O) groups is 1. The highest BCUT2D eigenvalue weighted by Crippen LogP contribution is 2.29. The van der Waals surface area contributed by atoms with Gasteiger partial charge in [0.25, 0.3) is 0 Å². The van der Waals surface area contributed by atoms with Crippen molar-refractivity contribution in [3.8, 4) is 17.3 Å². The monoisotopic (exact) mass is 476 g/mol. The van der Waals surface area contributed by atoms with Gasteiger partial charge in [0.15, 0.2) is 0 Å². The van der Waals surface area contributed by atoms with Gasteiger partial charge in [-0.1, -0.05) is 18.2 Å². The average molecular weight is 477 g/mol. The van der Waals surface area contributed by atoms with Gasteiger partial charge in [-0.3, -0.25) is 9.78 Å². The highest BCUT2D eigenvalue weighted by atomic mass is 19.1. The number of carboxylic acid groups (broad SMARTS) is 1. The second-order valence-electron chi connectivity index (χ2n) is 8.75. The van der Waals surface area contributed by atoms with Crippen molar-refractivity contribution >= 4 is 11.8 Å². The number of aliphatic imine (C=N–C) groups is 1. The third-order valence-electron chi connectivity index (χ3n) is 6.24. The Morgan fingerprint density at radius 1 is 1.03 bits per heavy atom. The molecule has 1 atom stereocenters. The topological polar surface area (TPSA) is 122 Å². The van der Waals surface area contributed by atoms with E-state index in [-0.39, 0.29) is 30.4 Å². The lowest BCUT2D eigenvalue weighted by Gasteiger charge is -2.27. The fourth-order valence-electron chi connectivity index (χ4n) is 4.37. The number of aliphatic carboxylic acids is 1. The van der Waals surface area contributed by atoms with Crippen molar-refractivity contribution in [1.82, 2.24) is 25.8 Å².